The Hall–Kier alpha value is -1.83. The molecule has 7 nitrogen and oxygen atoms in total. The number of thioether (sulfide) groups is 1. The van der Waals surface area contributed by atoms with Gasteiger partial charge in [-0.25, -0.2) is 4.98 Å². The van der Waals surface area contributed by atoms with E-state index in [9.17, 15) is 14.4 Å². The molecule has 142 valence electrons. The van der Waals surface area contributed by atoms with Gasteiger partial charge >= 0.3 is 5.97 Å². The van der Waals surface area contributed by atoms with Crippen LogP contribution in [0.25, 0.3) is 0 Å². The predicted molar refractivity (Wildman–Crippen MR) is 98.0 cm³/mol. The second-order valence-electron chi connectivity index (χ2n) is 6.92. The molecule has 2 aliphatic rings. The topological polar surface area (TPSA) is 92.4 Å². The van der Waals surface area contributed by atoms with E-state index in [2.05, 4.69) is 14.7 Å². The Kier molecular flexibility index (Phi) is 6.34. The number of nitrogens with one attached hydrogen (secondary N) is 1. The van der Waals surface area contributed by atoms with Crippen molar-refractivity contribution in [2.24, 2.45) is 5.92 Å². The maximum atomic E-state index is 12.7. The summed E-state index contributed by atoms with van der Waals surface area (Å²) in [6.45, 7) is 0.826. The molecule has 0 bridgehead atoms. The summed E-state index contributed by atoms with van der Waals surface area (Å²) in [7, 11) is 1.29. The van der Waals surface area contributed by atoms with Crippen LogP contribution in [-0.2, 0) is 20.7 Å². The molecule has 1 saturated carbocycles. The predicted octanol–water partition coefficient (Wildman–Crippen LogP) is 1.76. The standard InChI is InChI=1S/C18H25N3O4S/c1-25-17(24)10-13-9-15(22)20-18(19-13)26-11-16(23)21-8-4-6-12-5-2-3-7-14(12)21/h9,12,14H,2-8,10-11H2,1H3,(H,19,20,22)/t12-,14+/m1/s1. The van der Waals surface area contributed by atoms with Crippen molar-refractivity contribution in [2.75, 3.05) is 19.4 Å². The molecule has 0 unspecified atom stereocenters. The summed E-state index contributed by atoms with van der Waals surface area (Å²) in [6.07, 6.45) is 7.04. The summed E-state index contributed by atoms with van der Waals surface area (Å²) in [6, 6.07) is 1.66. The van der Waals surface area contributed by atoms with Gasteiger partial charge in [-0.1, -0.05) is 24.6 Å². The van der Waals surface area contributed by atoms with E-state index in [0.29, 0.717) is 22.8 Å². The molecule has 1 aliphatic carbocycles. The third-order valence-corrected chi connectivity index (χ3v) is 6.08. The molecule has 1 aliphatic heterocycles. The molecule has 2 heterocycles. The van der Waals surface area contributed by atoms with Crippen LogP contribution in [-0.4, -0.2) is 52.2 Å². The maximum absolute atomic E-state index is 12.7. The van der Waals surface area contributed by atoms with Crippen LogP contribution >= 0.6 is 11.8 Å². The third kappa shape index (κ3) is 4.66. The quantitative estimate of drug-likeness (QED) is 0.476. The second-order valence-corrected chi connectivity index (χ2v) is 7.89. The van der Waals surface area contributed by atoms with Gasteiger partial charge in [-0.05, 0) is 31.6 Å². The highest BCUT2D eigenvalue weighted by molar-refractivity contribution is 7.99. The number of hydrogen-bond acceptors (Lipinski definition) is 6. The first-order valence-corrected chi connectivity index (χ1v) is 10.1. The minimum absolute atomic E-state index is 0.0577. The third-order valence-electron chi connectivity index (χ3n) is 5.22. The summed E-state index contributed by atoms with van der Waals surface area (Å²) in [5.74, 6) is 0.542. The zero-order valence-corrected chi connectivity index (χ0v) is 15.8. The van der Waals surface area contributed by atoms with E-state index in [4.69, 9.17) is 0 Å². The van der Waals surface area contributed by atoms with Crippen molar-refractivity contribution in [1.82, 2.24) is 14.9 Å². The van der Waals surface area contributed by atoms with Crippen LogP contribution < -0.4 is 5.56 Å². The Balaban J connectivity index is 1.62. The first-order chi connectivity index (χ1) is 12.6. The molecule has 1 saturated heterocycles. The summed E-state index contributed by atoms with van der Waals surface area (Å²) in [4.78, 5) is 44.8. The van der Waals surface area contributed by atoms with Crippen LogP contribution in [0.5, 0.6) is 0 Å². The van der Waals surface area contributed by atoms with Gasteiger partial charge < -0.3 is 14.6 Å². The van der Waals surface area contributed by atoms with E-state index >= 15 is 0 Å². The Morgan fingerprint density at radius 1 is 1.31 bits per heavy atom. The molecular weight excluding hydrogens is 354 g/mol. The molecule has 1 N–H and O–H groups in total. The number of carbonyl (C=O) groups is 2. The number of methoxy groups -OCH3 is 1. The molecule has 2 atom stereocenters. The van der Waals surface area contributed by atoms with E-state index in [1.165, 1.54) is 50.6 Å². The number of likely N-dealkylation sites (tertiary alicyclic amines) is 1. The number of esters is 1. The number of nitrogens with zero attached hydrogens (tertiary/aromatic N) is 2. The van der Waals surface area contributed by atoms with Crippen LogP contribution in [0.3, 0.4) is 0 Å². The van der Waals surface area contributed by atoms with Crippen molar-refractivity contribution in [2.45, 2.75) is 56.1 Å². The summed E-state index contributed by atoms with van der Waals surface area (Å²) >= 11 is 1.21. The number of piperidine rings is 1. The summed E-state index contributed by atoms with van der Waals surface area (Å²) in [5.41, 5.74) is 0.0139. The highest BCUT2D eigenvalue weighted by Gasteiger charge is 2.35. The first kappa shape index (κ1) is 18.9. The lowest BCUT2D eigenvalue weighted by Crippen LogP contribution is -2.50. The second kappa shape index (κ2) is 8.70. The van der Waals surface area contributed by atoms with Gasteiger partial charge in [0, 0.05) is 18.7 Å². The van der Waals surface area contributed by atoms with E-state index in [-0.39, 0.29) is 23.6 Å². The van der Waals surface area contributed by atoms with Crippen molar-refractivity contribution >= 4 is 23.6 Å². The highest BCUT2D eigenvalue weighted by atomic mass is 32.2. The van der Waals surface area contributed by atoms with Crippen molar-refractivity contribution < 1.29 is 14.3 Å². The van der Waals surface area contributed by atoms with Crippen molar-refractivity contribution in [3.8, 4) is 0 Å². The number of carbonyl (C=O) groups excluding carboxylic acids is 2. The molecule has 2 fully saturated rings. The summed E-state index contributed by atoms with van der Waals surface area (Å²) in [5, 5.41) is 0.363. The van der Waals surface area contributed by atoms with Crippen LogP contribution in [0.15, 0.2) is 16.0 Å². The zero-order chi connectivity index (χ0) is 18.5. The average molecular weight is 379 g/mol. The van der Waals surface area contributed by atoms with Gasteiger partial charge in [0.1, 0.15) is 0 Å². The summed E-state index contributed by atoms with van der Waals surface area (Å²) < 4.78 is 4.60. The van der Waals surface area contributed by atoms with E-state index in [0.717, 1.165) is 19.4 Å². The monoisotopic (exact) mass is 379 g/mol. The molecule has 1 amide bonds. The average Bonchev–Trinajstić information content (AvgIpc) is 2.65. The smallest absolute Gasteiger partial charge is 0.311 e. The highest BCUT2D eigenvalue weighted by Crippen LogP contribution is 2.35. The van der Waals surface area contributed by atoms with E-state index in [1.807, 2.05) is 4.90 Å². The number of H-pyrrole nitrogens is 1. The van der Waals surface area contributed by atoms with Crippen molar-refractivity contribution in [1.29, 1.82) is 0 Å². The molecule has 0 radical (unpaired) electrons. The number of rotatable bonds is 5. The Morgan fingerprint density at radius 2 is 2.08 bits per heavy atom. The minimum atomic E-state index is -0.452. The van der Waals surface area contributed by atoms with Gasteiger partial charge in [0.15, 0.2) is 5.16 Å². The fraction of sp³-hybridized carbons (Fsp3) is 0.667. The molecule has 1 aromatic heterocycles. The van der Waals surface area contributed by atoms with Crippen LogP contribution in [0.4, 0.5) is 0 Å². The Labute approximate surface area is 156 Å². The molecule has 3 rings (SSSR count). The lowest BCUT2D eigenvalue weighted by molar-refractivity contribution is -0.140. The number of hydrogen-bond donors (Lipinski definition) is 1. The molecule has 0 aromatic carbocycles. The molecule has 1 aromatic rings. The SMILES string of the molecule is COC(=O)Cc1cc(=O)[nH]c(SCC(=O)N2CCC[C@H]3CCCC[C@@H]32)n1. The molecule has 8 heteroatoms. The van der Waals surface area contributed by atoms with Crippen molar-refractivity contribution in [3.63, 3.8) is 0 Å². The van der Waals surface area contributed by atoms with Crippen molar-refractivity contribution in [3.05, 3.63) is 22.1 Å². The van der Waals surface area contributed by atoms with Gasteiger partial charge in [-0.3, -0.25) is 14.4 Å². The lowest BCUT2D eigenvalue weighted by atomic mass is 9.78. The van der Waals surface area contributed by atoms with Gasteiger partial charge in [-0.15, -0.1) is 0 Å². The zero-order valence-electron chi connectivity index (χ0n) is 15.0. The molecule has 0 spiro atoms. The number of ether oxygens (including phenoxy) is 1. The van der Waals surface area contributed by atoms with Gasteiger partial charge in [0.2, 0.25) is 5.91 Å². The first-order valence-electron chi connectivity index (χ1n) is 9.16. The molecular formula is C18H25N3O4S. The normalized spacial score (nSPS) is 22.6. The lowest BCUT2D eigenvalue weighted by Gasteiger charge is -2.44. The fourth-order valence-electron chi connectivity index (χ4n) is 4.01. The number of amides is 1. The minimum Gasteiger partial charge on any atom is -0.469 e. The Morgan fingerprint density at radius 3 is 2.88 bits per heavy atom. The van der Waals surface area contributed by atoms with Crippen LogP contribution in [0.2, 0.25) is 0 Å². The van der Waals surface area contributed by atoms with Gasteiger partial charge in [0.05, 0.1) is 25.0 Å². The van der Waals surface area contributed by atoms with Gasteiger partial charge in [-0.2, -0.15) is 0 Å². The number of fused-ring (bicyclic) bond motifs is 1. The van der Waals surface area contributed by atoms with Crippen LogP contribution in [0.1, 0.15) is 44.2 Å². The van der Waals surface area contributed by atoms with Gasteiger partial charge in [0.25, 0.3) is 5.56 Å². The fourth-order valence-corrected chi connectivity index (χ4v) is 4.79. The molecule has 26 heavy (non-hydrogen) atoms. The number of aromatic nitrogens is 2. The number of aromatic amines is 1. The maximum Gasteiger partial charge on any atom is 0.311 e. The van der Waals surface area contributed by atoms with E-state index < -0.39 is 5.97 Å². The van der Waals surface area contributed by atoms with E-state index in [1.54, 1.807) is 0 Å². The van der Waals surface area contributed by atoms with Crippen LogP contribution in [0, 0.1) is 5.92 Å². The largest absolute Gasteiger partial charge is 0.469 e. The Bertz CT molecular complexity index is 719.